The molecule has 2 N–H and O–H groups in total. The molecule has 3 aromatic rings. The smallest absolute Gasteiger partial charge is 0.416 e. The van der Waals surface area contributed by atoms with Crippen molar-refractivity contribution in [1.82, 2.24) is 0 Å². The molecule has 0 fully saturated rings. The van der Waals surface area contributed by atoms with E-state index < -0.39 is 41.9 Å². The average Bonchev–Trinajstić information content (AvgIpc) is 2.74. The molecule has 0 saturated heterocycles. The Balaban J connectivity index is 1.67. The third-order valence-electron chi connectivity index (χ3n) is 4.16. The Morgan fingerprint density at radius 1 is 0.875 bits per heavy atom. The van der Waals surface area contributed by atoms with E-state index in [1.807, 2.05) is 0 Å². The van der Waals surface area contributed by atoms with Crippen molar-refractivity contribution in [2.24, 2.45) is 0 Å². The third-order valence-corrected chi connectivity index (χ3v) is 4.16. The lowest BCUT2D eigenvalue weighted by molar-refractivity contribution is -0.137. The fourth-order valence-corrected chi connectivity index (χ4v) is 2.68. The van der Waals surface area contributed by atoms with E-state index in [1.54, 1.807) is 6.07 Å². The van der Waals surface area contributed by atoms with Gasteiger partial charge >= 0.3 is 12.1 Å². The molecular formula is C22H15F5N2O3. The number of hydrogen-bond acceptors (Lipinski definition) is 4. The summed E-state index contributed by atoms with van der Waals surface area (Å²) >= 11 is 0. The fraction of sp³-hybridized carbons (Fsp3) is 0.0909. The number of hydrogen-bond donors (Lipinski definition) is 2. The highest BCUT2D eigenvalue weighted by molar-refractivity contribution is 5.99. The van der Waals surface area contributed by atoms with Crippen molar-refractivity contribution < 1.29 is 36.3 Å². The first kappa shape index (κ1) is 22.7. The van der Waals surface area contributed by atoms with Crippen LogP contribution in [-0.4, -0.2) is 18.5 Å². The Morgan fingerprint density at radius 3 is 2.34 bits per heavy atom. The van der Waals surface area contributed by atoms with Crippen LogP contribution in [0.5, 0.6) is 0 Å². The van der Waals surface area contributed by atoms with Gasteiger partial charge in [0.15, 0.2) is 6.61 Å². The summed E-state index contributed by atoms with van der Waals surface area (Å²) in [5, 5.41) is 4.86. The predicted octanol–water partition coefficient (Wildman–Crippen LogP) is 5.52. The number of rotatable bonds is 6. The van der Waals surface area contributed by atoms with Gasteiger partial charge in [0.25, 0.3) is 5.91 Å². The molecular weight excluding hydrogens is 435 g/mol. The van der Waals surface area contributed by atoms with E-state index in [4.69, 9.17) is 4.74 Å². The van der Waals surface area contributed by atoms with Gasteiger partial charge in [0.05, 0.1) is 22.5 Å². The highest BCUT2D eigenvalue weighted by Gasteiger charge is 2.30. The minimum atomic E-state index is -4.53. The number of carbonyl (C=O) groups excluding carboxylic acids is 2. The molecule has 10 heteroatoms. The Bertz CT molecular complexity index is 1150. The van der Waals surface area contributed by atoms with Crippen molar-refractivity contribution >= 4 is 28.9 Å². The molecule has 3 rings (SSSR count). The van der Waals surface area contributed by atoms with Crippen LogP contribution in [0.3, 0.4) is 0 Å². The van der Waals surface area contributed by atoms with Crippen LogP contribution in [0.15, 0.2) is 66.7 Å². The largest absolute Gasteiger partial charge is 0.452 e. The maximum absolute atomic E-state index is 13.6. The molecule has 0 aliphatic heterocycles. The zero-order valence-electron chi connectivity index (χ0n) is 16.2. The van der Waals surface area contributed by atoms with Crippen LogP contribution in [0, 0.1) is 11.6 Å². The van der Waals surface area contributed by atoms with E-state index in [0.29, 0.717) is 6.07 Å². The first-order valence-corrected chi connectivity index (χ1v) is 9.09. The van der Waals surface area contributed by atoms with E-state index in [9.17, 15) is 31.5 Å². The molecule has 3 aromatic carbocycles. The number of alkyl halides is 3. The molecule has 0 saturated carbocycles. The summed E-state index contributed by atoms with van der Waals surface area (Å²) in [6.45, 7) is -0.770. The second kappa shape index (κ2) is 9.46. The van der Waals surface area contributed by atoms with Gasteiger partial charge in [-0.2, -0.15) is 13.2 Å². The van der Waals surface area contributed by atoms with Crippen LogP contribution in [0.4, 0.5) is 39.0 Å². The first-order chi connectivity index (χ1) is 15.1. The topological polar surface area (TPSA) is 67.4 Å². The summed E-state index contributed by atoms with van der Waals surface area (Å²) in [4.78, 5) is 24.3. The Labute approximate surface area is 178 Å². The summed E-state index contributed by atoms with van der Waals surface area (Å²) in [7, 11) is 0. The van der Waals surface area contributed by atoms with Gasteiger partial charge in [0, 0.05) is 11.8 Å². The molecule has 0 unspecified atom stereocenters. The number of nitrogens with one attached hydrogen (secondary N) is 2. The van der Waals surface area contributed by atoms with Gasteiger partial charge in [-0.25, -0.2) is 13.6 Å². The van der Waals surface area contributed by atoms with E-state index in [0.717, 1.165) is 24.3 Å². The lowest BCUT2D eigenvalue weighted by Gasteiger charge is -2.13. The quantitative estimate of drug-likeness (QED) is 0.383. The normalized spacial score (nSPS) is 11.0. The zero-order valence-corrected chi connectivity index (χ0v) is 16.2. The number of carbonyl (C=O) groups is 2. The number of esters is 1. The maximum atomic E-state index is 13.6. The molecule has 5 nitrogen and oxygen atoms in total. The van der Waals surface area contributed by atoms with Gasteiger partial charge in [0.2, 0.25) is 0 Å². The second-order valence-electron chi connectivity index (χ2n) is 6.50. The number of para-hydroxylation sites is 1. The molecule has 0 spiro atoms. The van der Waals surface area contributed by atoms with Gasteiger partial charge in [-0.15, -0.1) is 0 Å². The van der Waals surface area contributed by atoms with Crippen molar-refractivity contribution in [2.75, 3.05) is 17.2 Å². The van der Waals surface area contributed by atoms with Crippen LogP contribution in [-0.2, 0) is 15.7 Å². The Hall–Kier alpha value is -3.95. The number of halogens is 5. The van der Waals surface area contributed by atoms with Crippen molar-refractivity contribution in [3.8, 4) is 0 Å². The molecule has 0 atom stereocenters. The molecule has 0 aliphatic rings. The summed E-state index contributed by atoms with van der Waals surface area (Å²) < 4.78 is 70.2. The van der Waals surface area contributed by atoms with Crippen LogP contribution in [0.25, 0.3) is 0 Å². The molecule has 0 radical (unpaired) electrons. The molecule has 0 aromatic heterocycles. The van der Waals surface area contributed by atoms with Crippen molar-refractivity contribution in [3.05, 3.63) is 89.5 Å². The third kappa shape index (κ3) is 5.81. The maximum Gasteiger partial charge on any atom is 0.416 e. The first-order valence-electron chi connectivity index (χ1n) is 9.09. The second-order valence-corrected chi connectivity index (χ2v) is 6.50. The van der Waals surface area contributed by atoms with E-state index in [1.165, 1.54) is 30.3 Å². The molecule has 1 amide bonds. The highest BCUT2D eigenvalue weighted by atomic mass is 19.4. The van der Waals surface area contributed by atoms with E-state index >= 15 is 0 Å². The Kier molecular flexibility index (Phi) is 6.72. The van der Waals surface area contributed by atoms with Crippen LogP contribution >= 0.6 is 0 Å². The lowest BCUT2D eigenvalue weighted by Crippen LogP contribution is -2.21. The van der Waals surface area contributed by atoms with Gasteiger partial charge in [-0.05, 0) is 42.5 Å². The van der Waals surface area contributed by atoms with Gasteiger partial charge in [0.1, 0.15) is 11.6 Å². The fourth-order valence-electron chi connectivity index (χ4n) is 2.68. The van der Waals surface area contributed by atoms with E-state index in [2.05, 4.69) is 10.6 Å². The lowest BCUT2D eigenvalue weighted by atomic mass is 10.1. The highest BCUT2D eigenvalue weighted by Crippen LogP contribution is 2.32. The minimum absolute atomic E-state index is 0.0364. The molecule has 0 bridgehead atoms. The van der Waals surface area contributed by atoms with Gasteiger partial charge in [-0.3, -0.25) is 4.79 Å². The van der Waals surface area contributed by atoms with Gasteiger partial charge < -0.3 is 15.4 Å². The molecule has 0 aliphatic carbocycles. The van der Waals surface area contributed by atoms with Crippen molar-refractivity contribution in [2.45, 2.75) is 6.18 Å². The van der Waals surface area contributed by atoms with Crippen LogP contribution in [0.2, 0.25) is 0 Å². The number of ether oxygens (including phenoxy) is 1. The summed E-state index contributed by atoms with van der Waals surface area (Å²) in [5.41, 5.74) is -0.955. The molecule has 32 heavy (non-hydrogen) atoms. The summed E-state index contributed by atoms with van der Waals surface area (Å²) in [6.07, 6.45) is -4.53. The summed E-state index contributed by atoms with van der Waals surface area (Å²) in [6, 6.07) is 12.8. The average molecular weight is 450 g/mol. The van der Waals surface area contributed by atoms with Crippen molar-refractivity contribution in [3.63, 3.8) is 0 Å². The standard InChI is InChI=1S/C22H15F5N2O3/c23-14-8-9-19(17(24)11-14)29-20(30)12-32-21(31)16-6-1-2-7-18(16)28-15-5-3-4-13(10-15)22(25,26)27/h1-11,28H,12H2,(H,29,30). The number of benzene rings is 3. The van der Waals surface area contributed by atoms with E-state index in [-0.39, 0.29) is 22.6 Å². The number of amides is 1. The number of anilines is 3. The SMILES string of the molecule is O=C(COC(=O)c1ccccc1Nc1cccc(C(F)(F)F)c1)Nc1ccc(F)cc1F. The predicted molar refractivity (Wildman–Crippen MR) is 106 cm³/mol. The van der Waals surface area contributed by atoms with Crippen molar-refractivity contribution in [1.29, 1.82) is 0 Å². The minimum Gasteiger partial charge on any atom is -0.452 e. The molecule has 0 heterocycles. The molecule has 166 valence electrons. The summed E-state index contributed by atoms with van der Waals surface area (Å²) in [5.74, 6) is -3.63. The van der Waals surface area contributed by atoms with Crippen LogP contribution < -0.4 is 10.6 Å². The Morgan fingerprint density at radius 2 is 1.62 bits per heavy atom. The zero-order chi connectivity index (χ0) is 23.3. The van der Waals surface area contributed by atoms with Crippen LogP contribution in [0.1, 0.15) is 15.9 Å². The monoisotopic (exact) mass is 450 g/mol. The van der Waals surface area contributed by atoms with Gasteiger partial charge in [-0.1, -0.05) is 18.2 Å².